The summed E-state index contributed by atoms with van der Waals surface area (Å²) in [6.45, 7) is 8.04. The number of piperidine rings is 1. The molecule has 1 aromatic rings. The number of rotatable bonds is 4. The van der Waals surface area contributed by atoms with E-state index in [1.54, 1.807) is 16.6 Å². The summed E-state index contributed by atoms with van der Waals surface area (Å²) in [4.78, 5) is 4.44. The third kappa shape index (κ3) is 3.76. The minimum absolute atomic E-state index is 0.214. The monoisotopic (exact) mass is 375 g/mol. The summed E-state index contributed by atoms with van der Waals surface area (Å²) in [6, 6.07) is 1.63. The van der Waals surface area contributed by atoms with Gasteiger partial charge in [-0.3, -0.25) is 0 Å². The summed E-state index contributed by atoms with van der Waals surface area (Å²) in [5.41, 5.74) is 0.214. The predicted molar refractivity (Wildman–Crippen MR) is 87.9 cm³/mol. The second-order valence-corrected chi connectivity index (χ2v) is 8.92. The Hall–Kier alpha value is -0.660. The summed E-state index contributed by atoms with van der Waals surface area (Å²) in [6.07, 6.45) is 3.37. The van der Waals surface area contributed by atoms with Crippen LogP contribution < -0.4 is 5.32 Å². The number of hydrogen-bond acceptors (Lipinski definition) is 4. The molecule has 0 amide bonds. The van der Waals surface area contributed by atoms with E-state index in [4.69, 9.17) is 0 Å². The summed E-state index contributed by atoms with van der Waals surface area (Å²) in [5.74, 6) is 0.422. The maximum Gasteiger partial charge on any atom is 0.246 e. The van der Waals surface area contributed by atoms with Gasteiger partial charge in [-0.1, -0.05) is 13.8 Å². The van der Waals surface area contributed by atoms with Crippen molar-refractivity contribution >= 4 is 31.8 Å². The van der Waals surface area contributed by atoms with Crippen molar-refractivity contribution in [1.29, 1.82) is 0 Å². The first-order valence-electron chi connectivity index (χ1n) is 7.16. The maximum atomic E-state index is 12.9. The minimum Gasteiger partial charge on any atom is -0.369 e. The standard InChI is InChI=1S/C14H22BrN3O2S/c1-4-16-13-12(9-11(15)10-17-13)21(19,20)18-7-5-14(2,3)6-8-18/h9-10H,4-8H2,1-3H3,(H,16,17). The minimum atomic E-state index is -3.51. The lowest BCUT2D eigenvalue weighted by Crippen LogP contribution is -2.41. The fraction of sp³-hybridized carbons (Fsp3) is 0.643. The lowest BCUT2D eigenvalue weighted by atomic mass is 9.83. The molecule has 0 radical (unpaired) electrons. The highest BCUT2D eigenvalue weighted by Gasteiger charge is 2.34. The van der Waals surface area contributed by atoms with Crippen molar-refractivity contribution in [2.75, 3.05) is 25.0 Å². The number of halogens is 1. The quantitative estimate of drug-likeness (QED) is 0.877. The molecule has 5 nitrogen and oxygen atoms in total. The van der Waals surface area contributed by atoms with Crippen molar-refractivity contribution in [3.05, 3.63) is 16.7 Å². The van der Waals surface area contributed by atoms with Crippen LogP contribution in [0.1, 0.15) is 33.6 Å². The highest BCUT2D eigenvalue weighted by atomic mass is 79.9. The molecule has 0 bridgehead atoms. The van der Waals surface area contributed by atoms with Crippen molar-refractivity contribution in [3.63, 3.8) is 0 Å². The number of aromatic nitrogens is 1. The van der Waals surface area contributed by atoms with Crippen LogP contribution in [0.15, 0.2) is 21.6 Å². The first-order chi connectivity index (χ1) is 9.76. The van der Waals surface area contributed by atoms with Crippen LogP contribution in [-0.2, 0) is 10.0 Å². The number of hydrogen-bond donors (Lipinski definition) is 1. The summed E-state index contributed by atoms with van der Waals surface area (Å²) in [5, 5.41) is 3.03. The third-order valence-corrected chi connectivity index (χ3v) is 6.20. The molecule has 0 aliphatic carbocycles. The van der Waals surface area contributed by atoms with E-state index in [1.807, 2.05) is 6.92 Å². The molecule has 1 saturated heterocycles. The Morgan fingerprint density at radius 3 is 2.57 bits per heavy atom. The Bertz CT molecular complexity index is 607. The van der Waals surface area contributed by atoms with Crippen LogP contribution in [0.3, 0.4) is 0 Å². The van der Waals surface area contributed by atoms with Crippen molar-refractivity contribution < 1.29 is 8.42 Å². The molecule has 7 heteroatoms. The molecular formula is C14H22BrN3O2S. The summed E-state index contributed by atoms with van der Waals surface area (Å²) < 4.78 is 28.0. The van der Waals surface area contributed by atoms with Gasteiger partial charge in [-0.15, -0.1) is 0 Å². The van der Waals surface area contributed by atoms with E-state index < -0.39 is 10.0 Å². The lowest BCUT2D eigenvalue weighted by molar-refractivity contribution is 0.196. The molecule has 2 heterocycles. The molecule has 2 rings (SSSR count). The van der Waals surface area contributed by atoms with E-state index in [0.717, 1.165) is 12.8 Å². The van der Waals surface area contributed by atoms with E-state index in [2.05, 4.69) is 40.1 Å². The second-order valence-electron chi connectivity index (χ2n) is 6.10. The molecule has 1 N–H and O–H groups in total. The van der Waals surface area contributed by atoms with Gasteiger partial charge in [-0.25, -0.2) is 13.4 Å². The normalized spacial score (nSPS) is 19.4. The largest absolute Gasteiger partial charge is 0.369 e. The van der Waals surface area contributed by atoms with E-state index in [9.17, 15) is 8.42 Å². The highest BCUT2D eigenvalue weighted by molar-refractivity contribution is 9.10. The molecule has 1 fully saturated rings. The molecule has 0 aromatic carbocycles. The van der Waals surface area contributed by atoms with E-state index >= 15 is 0 Å². The molecular weight excluding hydrogens is 354 g/mol. The number of nitrogens with one attached hydrogen (secondary N) is 1. The van der Waals surface area contributed by atoms with Crippen LogP contribution in [0.2, 0.25) is 0 Å². The zero-order valence-corrected chi connectivity index (χ0v) is 15.1. The molecule has 0 unspecified atom stereocenters. The van der Waals surface area contributed by atoms with Gasteiger partial charge in [-0.2, -0.15) is 4.31 Å². The van der Waals surface area contributed by atoms with Gasteiger partial charge in [-0.05, 0) is 47.2 Å². The Morgan fingerprint density at radius 1 is 1.38 bits per heavy atom. The fourth-order valence-electron chi connectivity index (χ4n) is 2.39. The Morgan fingerprint density at radius 2 is 2.00 bits per heavy atom. The third-order valence-electron chi connectivity index (χ3n) is 3.86. The van der Waals surface area contributed by atoms with E-state index in [0.29, 0.717) is 29.9 Å². The van der Waals surface area contributed by atoms with Crippen LogP contribution in [0.4, 0.5) is 5.82 Å². The van der Waals surface area contributed by atoms with Gasteiger partial charge in [0.05, 0.1) is 0 Å². The number of sulfonamides is 1. The molecule has 1 aliphatic heterocycles. The van der Waals surface area contributed by atoms with Crippen LogP contribution in [0.25, 0.3) is 0 Å². The predicted octanol–water partition coefficient (Wildman–Crippen LogP) is 3.09. The van der Waals surface area contributed by atoms with Crippen LogP contribution >= 0.6 is 15.9 Å². The second kappa shape index (κ2) is 6.22. The molecule has 21 heavy (non-hydrogen) atoms. The van der Waals surface area contributed by atoms with Crippen LogP contribution in [0.5, 0.6) is 0 Å². The van der Waals surface area contributed by atoms with E-state index in [-0.39, 0.29) is 10.3 Å². The zero-order valence-electron chi connectivity index (χ0n) is 12.7. The SMILES string of the molecule is CCNc1ncc(Br)cc1S(=O)(=O)N1CCC(C)(C)CC1. The number of anilines is 1. The molecule has 1 aliphatic rings. The highest BCUT2D eigenvalue weighted by Crippen LogP contribution is 2.34. The average molecular weight is 376 g/mol. The maximum absolute atomic E-state index is 12.9. The van der Waals surface area contributed by atoms with Crippen molar-refractivity contribution in [3.8, 4) is 0 Å². The zero-order chi connectivity index (χ0) is 15.7. The van der Waals surface area contributed by atoms with Crippen molar-refractivity contribution in [2.45, 2.75) is 38.5 Å². The van der Waals surface area contributed by atoms with Crippen LogP contribution in [-0.4, -0.2) is 37.3 Å². The van der Waals surface area contributed by atoms with Crippen LogP contribution in [0, 0.1) is 5.41 Å². The van der Waals surface area contributed by atoms with Gasteiger partial charge in [0.1, 0.15) is 10.7 Å². The molecule has 0 spiro atoms. The van der Waals surface area contributed by atoms with Gasteiger partial charge in [0, 0.05) is 30.3 Å². The lowest BCUT2D eigenvalue weighted by Gasteiger charge is -2.36. The molecule has 0 atom stereocenters. The van der Waals surface area contributed by atoms with Gasteiger partial charge >= 0.3 is 0 Å². The Labute approximate surface area is 135 Å². The first kappa shape index (κ1) is 16.7. The topological polar surface area (TPSA) is 62.3 Å². The smallest absolute Gasteiger partial charge is 0.246 e. The Balaban J connectivity index is 2.33. The van der Waals surface area contributed by atoms with Crippen molar-refractivity contribution in [2.24, 2.45) is 5.41 Å². The summed E-state index contributed by atoms with van der Waals surface area (Å²) >= 11 is 3.31. The summed E-state index contributed by atoms with van der Waals surface area (Å²) in [7, 11) is -3.51. The molecule has 118 valence electrons. The van der Waals surface area contributed by atoms with E-state index in [1.165, 1.54) is 0 Å². The molecule has 1 aromatic heterocycles. The molecule has 0 saturated carbocycles. The Kier molecular flexibility index (Phi) is 4.95. The van der Waals surface area contributed by atoms with Gasteiger partial charge in [0.2, 0.25) is 10.0 Å². The fourth-order valence-corrected chi connectivity index (χ4v) is 4.46. The average Bonchev–Trinajstić information content (AvgIpc) is 2.40. The van der Waals surface area contributed by atoms with Gasteiger partial charge in [0.15, 0.2) is 0 Å². The number of nitrogens with zero attached hydrogens (tertiary/aromatic N) is 2. The van der Waals surface area contributed by atoms with Crippen molar-refractivity contribution in [1.82, 2.24) is 9.29 Å². The van der Waals surface area contributed by atoms with Gasteiger partial charge in [0.25, 0.3) is 0 Å². The first-order valence-corrected chi connectivity index (χ1v) is 9.39. The van der Waals surface area contributed by atoms with Gasteiger partial charge < -0.3 is 5.32 Å². The number of pyridine rings is 1.